The first-order chi connectivity index (χ1) is 15.5. The molecule has 4 aromatic rings. The molecule has 0 aliphatic carbocycles. The Morgan fingerprint density at radius 1 is 1.03 bits per heavy atom. The van der Waals surface area contributed by atoms with Crippen molar-refractivity contribution in [1.29, 1.82) is 0 Å². The zero-order valence-corrected chi connectivity index (χ0v) is 17.6. The fraction of sp³-hybridized carbons (Fsp3) is 0.154. The number of aryl methyl sites for hydroxylation is 1. The summed E-state index contributed by atoms with van der Waals surface area (Å²) in [5.41, 5.74) is 2.27. The number of benzene rings is 3. The Balaban J connectivity index is 1.80. The maximum atomic E-state index is 13.9. The number of fused-ring (bicyclic) bond motifs is 2. The Labute approximate surface area is 183 Å². The minimum Gasteiger partial charge on any atom is -0.494 e. The van der Waals surface area contributed by atoms with Crippen LogP contribution in [-0.2, 0) is 0 Å². The van der Waals surface area contributed by atoms with Crippen LogP contribution in [0.25, 0.3) is 11.0 Å². The van der Waals surface area contributed by atoms with Crippen molar-refractivity contribution in [3.63, 3.8) is 0 Å². The second kappa shape index (κ2) is 7.64. The van der Waals surface area contributed by atoms with Gasteiger partial charge in [-0.15, -0.1) is 0 Å². The SMILES string of the molecule is CCOc1cccc(C2c3c(oc4ccc(F)cc4c3=O)C(=O)N2c2cccc(C)c2)c1. The molecule has 0 saturated carbocycles. The van der Waals surface area contributed by atoms with Gasteiger partial charge in [0, 0.05) is 5.69 Å². The average molecular weight is 429 g/mol. The van der Waals surface area contributed by atoms with Crippen LogP contribution in [0.5, 0.6) is 5.75 Å². The van der Waals surface area contributed by atoms with Crippen LogP contribution in [0.1, 0.15) is 40.2 Å². The second-order valence-corrected chi connectivity index (χ2v) is 7.74. The summed E-state index contributed by atoms with van der Waals surface area (Å²) in [5, 5.41) is 0.105. The maximum absolute atomic E-state index is 13.9. The summed E-state index contributed by atoms with van der Waals surface area (Å²) in [4.78, 5) is 28.6. The van der Waals surface area contributed by atoms with E-state index in [1.165, 1.54) is 12.1 Å². The van der Waals surface area contributed by atoms with Gasteiger partial charge in [0.1, 0.15) is 17.1 Å². The van der Waals surface area contributed by atoms with E-state index in [2.05, 4.69) is 0 Å². The molecule has 1 aliphatic rings. The number of nitrogens with zero attached hydrogens (tertiary/aromatic N) is 1. The zero-order valence-electron chi connectivity index (χ0n) is 17.6. The summed E-state index contributed by atoms with van der Waals surface area (Å²) in [6.45, 7) is 4.30. The molecule has 2 heterocycles. The highest BCUT2D eigenvalue weighted by atomic mass is 19.1. The van der Waals surface area contributed by atoms with Crippen LogP contribution < -0.4 is 15.1 Å². The largest absolute Gasteiger partial charge is 0.494 e. The minimum atomic E-state index is -0.733. The summed E-state index contributed by atoms with van der Waals surface area (Å²) in [7, 11) is 0. The van der Waals surface area contributed by atoms with Crippen LogP contribution in [0.15, 0.2) is 75.9 Å². The van der Waals surface area contributed by atoms with Gasteiger partial charge in [-0.25, -0.2) is 4.39 Å². The number of halogens is 1. The lowest BCUT2D eigenvalue weighted by Gasteiger charge is -2.26. The number of carbonyl (C=O) groups excluding carboxylic acids is 1. The Morgan fingerprint density at radius 2 is 1.84 bits per heavy atom. The van der Waals surface area contributed by atoms with Gasteiger partial charge in [-0.1, -0.05) is 24.3 Å². The molecule has 5 nitrogen and oxygen atoms in total. The lowest BCUT2D eigenvalue weighted by molar-refractivity contribution is 0.0971. The van der Waals surface area contributed by atoms with Gasteiger partial charge in [0.2, 0.25) is 5.76 Å². The average Bonchev–Trinajstić information content (AvgIpc) is 3.07. The molecule has 1 aliphatic heterocycles. The van der Waals surface area contributed by atoms with E-state index in [9.17, 15) is 14.0 Å². The highest BCUT2D eigenvalue weighted by Crippen LogP contribution is 2.42. The number of rotatable bonds is 4. The van der Waals surface area contributed by atoms with E-state index in [1.54, 1.807) is 4.90 Å². The van der Waals surface area contributed by atoms with Gasteiger partial charge < -0.3 is 9.15 Å². The lowest BCUT2D eigenvalue weighted by Crippen LogP contribution is -2.29. The quantitative estimate of drug-likeness (QED) is 0.437. The number of hydrogen-bond donors (Lipinski definition) is 0. The van der Waals surface area contributed by atoms with Gasteiger partial charge in [-0.3, -0.25) is 14.5 Å². The molecule has 1 unspecified atom stereocenters. The Bertz CT molecular complexity index is 1430. The molecule has 0 N–H and O–H groups in total. The van der Waals surface area contributed by atoms with Crippen LogP contribution in [-0.4, -0.2) is 12.5 Å². The molecule has 1 atom stereocenters. The van der Waals surface area contributed by atoms with Gasteiger partial charge >= 0.3 is 0 Å². The molecule has 3 aromatic carbocycles. The molecule has 0 spiro atoms. The van der Waals surface area contributed by atoms with E-state index in [4.69, 9.17) is 9.15 Å². The van der Waals surface area contributed by atoms with E-state index in [0.29, 0.717) is 23.6 Å². The fourth-order valence-corrected chi connectivity index (χ4v) is 4.25. The maximum Gasteiger partial charge on any atom is 0.295 e. The topological polar surface area (TPSA) is 59.8 Å². The van der Waals surface area contributed by atoms with Crippen molar-refractivity contribution in [2.45, 2.75) is 19.9 Å². The van der Waals surface area contributed by atoms with E-state index in [1.807, 2.05) is 62.4 Å². The molecule has 1 amide bonds. The Kier molecular flexibility index (Phi) is 4.78. The monoisotopic (exact) mass is 429 g/mol. The molecule has 6 heteroatoms. The Morgan fingerprint density at radius 3 is 2.62 bits per heavy atom. The first-order valence-corrected chi connectivity index (χ1v) is 10.4. The molecule has 0 fully saturated rings. The molecule has 0 saturated heterocycles. The lowest BCUT2D eigenvalue weighted by atomic mass is 9.98. The van der Waals surface area contributed by atoms with Crippen LogP contribution in [0.3, 0.4) is 0 Å². The normalized spacial score (nSPS) is 15.3. The molecular formula is C26H20FNO4. The summed E-state index contributed by atoms with van der Waals surface area (Å²) in [5.74, 6) is -0.353. The van der Waals surface area contributed by atoms with Crippen molar-refractivity contribution < 1.29 is 18.3 Å². The molecule has 5 rings (SSSR count). The third kappa shape index (κ3) is 3.15. The highest BCUT2D eigenvalue weighted by Gasteiger charge is 2.43. The van der Waals surface area contributed by atoms with Crippen LogP contribution in [0.2, 0.25) is 0 Å². The van der Waals surface area contributed by atoms with E-state index < -0.39 is 23.2 Å². The summed E-state index contributed by atoms with van der Waals surface area (Å²) in [6.07, 6.45) is 0. The third-order valence-corrected chi connectivity index (χ3v) is 5.60. The van der Waals surface area contributed by atoms with Crippen molar-refractivity contribution >= 4 is 22.6 Å². The van der Waals surface area contributed by atoms with Gasteiger partial charge in [0.25, 0.3) is 5.91 Å². The molecule has 1 aromatic heterocycles. The smallest absolute Gasteiger partial charge is 0.295 e. The summed E-state index contributed by atoms with van der Waals surface area (Å²) in [6, 6.07) is 17.8. The predicted octanol–water partition coefficient (Wildman–Crippen LogP) is 5.39. The standard InChI is InChI=1S/C26H20FNO4/c1-3-31-19-9-5-7-16(13-19)23-22-24(29)20-14-17(27)10-11-21(20)32-25(22)26(30)28(23)18-8-4-6-15(2)12-18/h4-14,23H,3H2,1-2H3. The van der Waals surface area contributed by atoms with E-state index in [0.717, 1.165) is 11.6 Å². The molecule has 0 radical (unpaired) electrons. The summed E-state index contributed by atoms with van der Waals surface area (Å²) < 4.78 is 25.4. The van der Waals surface area contributed by atoms with Gasteiger partial charge in [0.05, 0.1) is 23.6 Å². The third-order valence-electron chi connectivity index (χ3n) is 5.60. The van der Waals surface area contributed by atoms with Crippen LogP contribution >= 0.6 is 0 Å². The van der Waals surface area contributed by atoms with E-state index in [-0.39, 0.29) is 22.3 Å². The van der Waals surface area contributed by atoms with Gasteiger partial charge in [-0.05, 0) is 67.4 Å². The van der Waals surface area contributed by atoms with Gasteiger partial charge in [0.15, 0.2) is 5.43 Å². The van der Waals surface area contributed by atoms with Crippen molar-refractivity contribution in [2.75, 3.05) is 11.5 Å². The number of hydrogen-bond acceptors (Lipinski definition) is 4. The highest BCUT2D eigenvalue weighted by molar-refractivity contribution is 6.10. The molecule has 160 valence electrons. The summed E-state index contributed by atoms with van der Waals surface area (Å²) >= 11 is 0. The van der Waals surface area contributed by atoms with Crippen molar-refractivity contribution in [1.82, 2.24) is 0 Å². The molecule has 32 heavy (non-hydrogen) atoms. The predicted molar refractivity (Wildman–Crippen MR) is 120 cm³/mol. The minimum absolute atomic E-state index is 0.0255. The van der Waals surface area contributed by atoms with Gasteiger partial charge in [-0.2, -0.15) is 0 Å². The number of anilines is 1. The van der Waals surface area contributed by atoms with Crippen molar-refractivity contribution in [2.24, 2.45) is 0 Å². The number of carbonyl (C=O) groups is 1. The molecule has 0 bridgehead atoms. The van der Waals surface area contributed by atoms with Crippen molar-refractivity contribution in [3.05, 3.63) is 105 Å². The zero-order chi connectivity index (χ0) is 22.4. The number of amides is 1. The fourth-order valence-electron chi connectivity index (χ4n) is 4.25. The second-order valence-electron chi connectivity index (χ2n) is 7.74. The van der Waals surface area contributed by atoms with Crippen molar-refractivity contribution in [3.8, 4) is 5.75 Å². The van der Waals surface area contributed by atoms with Crippen LogP contribution in [0.4, 0.5) is 10.1 Å². The first-order valence-electron chi connectivity index (χ1n) is 10.4. The van der Waals surface area contributed by atoms with E-state index >= 15 is 0 Å². The molecular weight excluding hydrogens is 409 g/mol. The van der Waals surface area contributed by atoms with Crippen LogP contribution in [0, 0.1) is 12.7 Å². The number of ether oxygens (including phenoxy) is 1. The first kappa shape index (κ1) is 20.0. The Hall–Kier alpha value is -3.93.